The molecule has 6 heteroatoms. The van der Waals surface area contributed by atoms with Gasteiger partial charge >= 0.3 is 0 Å². The number of likely N-dealkylation sites (tertiary alicyclic amines) is 1. The Morgan fingerprint density at radius 1 is 1.22 bits per heavy atom. The van der Waals surface area contributed by atoms with Crippen LogP contribution in [0.25, 0.3) is 11.4 Å². The third-order valence-electron chi connectivity index (χ3n) is 4.34. The Morgan fingerprint density at radius 2 is 1.91 bits per heavy atom. The van der Waals surface area contributed by atoms with Gasteiger partial charge in [-0.3, -0.25) is 4.79 Å². The quantitative estimate of drug-likeness (QED) is 0.871. The Bertz CT molecular complexity index is 686. The summed E-state index contributed by atoms with van der Waals surface area (Å²) in [5.74, 6) is 1.73. The third-order valence-corrected chi connectivity index (χ3v) is 4.34. The van der Waals surface area contributed by atoms with E-state index >= 15 is 0 Å². The lowest BCUT2D eigenvalue weighted by molar-refractivity contribution is -0.135. The van der Waals surface area contributed by atoms with Crippen LogP contribution in [0.4, 0.5) is 0 Å². The van der Waals surface area contributed by atoms with Crippen molar-refractivity contribution in [2.24, 2.45) is 11.8 Å². The monoisotopic (exact) mass is 313 g/mol. The smallest absolute Gasteiger partial charge is 0.246 e. The second-order valence-electron chi connectivity index (χ2n) is 6.70. The molecule has 3 rings (SSSR count). The molecule has 2 aromatic rings. The van der Waals surface area contributed by atoms with Crippen molar-refractivity contribution >= 4 is 5.91 Å². The molecule has 1 aliphatic rings. The van der Waals surface area contributed by atoms with Gasteiger partial charge in [-0.25, -0.2) is 0 Å². The van der Waals surface area contributed by atoms with Gasteiger partial charge in [0.25, 0.3) is 0 Å². The number of carbonyl (C=O) groups is 1. The average molecular weight is 313 g/mol. The van der Waals surface area contributed by atoms with Crippen LogP contribution < -0.4 is 0 Å². The number of tetrazole rings is 1. The summed E-state index contributed by atoms with van der Waals surface area (Å²) in [5, 5.41) is 12.5. The zero-order valence-electron chi connectivity index (χ0n) is 13.9. The lowest BCUT2D eigenvalue weighted by Crippen LogP contribution is -2.44. The van der Waals surface area contributed by atoms with E-state index in [1.54, 1.807) is 0 Å². The molecule has 2 atom stereocenters. The fourth-order valence-corrected chi connectivity index (χ4v) is 3.33. The van der Waals surface area contributed by atoms with Gasteiger partial charge in [0.2, 0.25) is 11.7 Å². The van der Waals surface area contributed by atoms with Gasteiger partial charge in [-0.15, -0.1) is 10.2 Å². The second-order valence-corrected chi connectivity index (χ2v) is 6.70. The van der Waals surface area contributed by atoms with Crippen molar-refractivity contribution in [3.8, 4) is 11.4 Å². The predicted molar refractivity (Wildman–Crippen MR) is 87.5 cm³/mol. The number of nitrogens with zero attached hydrogens (tertiary/aromatic N) is 5. The zero-order valence-corrected chi connectivity index (χ0v) is 13.9. The fraction of sp³-hybridized carbons (Fsp3) is 0.529. The van der Waals surface area contributed by atoms with Gasteiger partial charge in [-0.1, -0.05) is 38.1 Å². The normalized spacial score (nSPS) is 21.4. The summed E-state index contributed by atoms with van der Waals surface area (Å²) in [4.78, 5) is 15.8. The summed E-state index contributed by atoms with van der Waals surface area (Å²) in [5.41, 5.74) is 2.04. The Kier molecular flexibility index (Phi) is 4.41. The van der Waals surface area contributed by atoms with E-state index in [0.717, 1.165) is 24.2 Å². The highest BCUT2D eigenvalue weighted by atomic mass is 16.2. The highest BCUT2D eigenvalue weighted by molar-refractivity contribution is 5.76. The predicted octanol–water partition coefficient (Wildman–Crippen LogP) is 2.15. The van der Waals surface area contributed by atoms with Gasteiger partial charge in [0, 0.05) is 18.7 Å². The van der Waals surface area contributed by atoms with Gasteiger partial charge < -0.3 is 4.90 Å². The van der Waals surface area contributed by atoms with Crippen molar-refractivity contribution in [3.63, 3.8) is 0 Å². The highest BCUT2D eigenvalue weighted by Crippen LogP contribution is 2.21. The van der Waals surface area contributed by atoms with Crippen LogP contribution in [-0.2, 0) is 11.3 Å². The molecule has 1 fully saturated rings. The molecule has 2 unspecified atom stereocenters. The minimum absolute atomic E-state index is 0.0668. The number of piperidine rings is 1. The molecule has 1 aromatic carbocycles. The number of benzene rings is 1. The molecule has 0 bridgehead atoms. The standard InChI is InChI=1S/C17H23N5O/c1-12-8-13(2)10-21(9-12)16(23)11-22-19-17(18-20-22)15-7-5-4-6-14(15)3/h4-7,12-13H,8-11H2,1-3H3. The van der Waals surface area contributed by atoms with E-state index < -0.39 is 0 Å². The lowest BCUT2D eigenvalue weighted by Gasteiger charge is -2.34. The molecule has 2 heterocycles. The number of aryl methyl sites for hydroxylation is 1. The first-order chi connectivity index (χ1) is 11.0. The summed E-state index contributed by atoms with van der Waals surface area (Å²) in [6.45, 7) is 8.20. The molecule has 1 amide bonds. The van der Waals surface area contributed by atoms with Crippen LogP contribution >= 0.6 is 0 Å². The van der Waals surface area contributed by atoms with Gasteiger partial charge in [-0.2, -0.15) is 4.80 Å². The number of carbonyl (C=O) groups excluding carboxylic acids is 1. The van der Waals surface area contributed by atoms with Crippen molar-refractivity contribution < 1.29 is 4.79 Å². The summed E-state index contributed by atoms with van der Waals surface area (Å²) in [6, 6.07) is 7.90. The first-order valence-electron chi connectivity index (χ1n) is 8.14. The molecule has 0 spiro atoms. The van der Waals surface area contributed by atoms with E-state index in [9.17, 15) is 4.79 Å². The van der Waals surface area contributed by atoms with Crippen LogP contribution in [0.1, 0.15) is 25.8 Å². The summed E-state index contributed by atoms with van der Waals surface area (Å²) >= 11 is 0. The molecule has 6 nitrogen and oxygen atoms in total. The number of amides is 1. The van der Waals surface area contributed by atoms with Crippen LogP contribution in [0, 0.1) is 18.8 Å². The Labute approximate surface area is 136 Å². The van der Waals surface area contributed by atoms with Crippen LogP contribution in [-0.4, -0.2) is 44.1 Å². The van der Waals surface area contributed by atoms with E-state index in [1.807, 2.05) is 36.1 Å². The Morgan fingerprint density at radius 3 is 2.61 bits per heavy atom. The topological polar surface area (TPSA) is 63.9 Å². The first kappa shape index (κ1) is 15.6. The maximum atomic E-state index is 12.5. The second kappa shape index (κ2) is 6.48. The zero-order chi connectivity index (χ0) is 16.4. The van der Waals surface area contributed by atoms with E-state index in [2.05, 4.69) is 29.3 Å². The van der Waals surface area contributed by atoms with Crippen molar-refractivity contribution in [1.82, 2.24) is 25.1 Å². The molecule has 0 saturated carbocycles. The van der Waals surface area contributed by atoms with Crippen LogP contribution in [0.2, 0.25) is 0 Å². The van der Waals surface area contributed by atoms with Gasteiger partial charge in [-0.05, 0) is 36.0 Å². The highest BCUT2D eigenvalue weighted by Gasteiger charge is 2.26. The molecular weight excluding hydrogens is 290 g/mol. The number of aromatic nitrogens is 4. The minimum atomic E-state index is 0.0668. The largest absolute Gasteiger partial charge is 0.340 e. The Balaban J connectivity index is 1.69. The molecule has 1 aliphatic heterocycles. The molecule has 1 saturated heterocycles. The van der Waals surface area contributed by atoms with Crippen LogP contribution in [0.15, 0.2) is 24.3 Å². The number of rotatable bonds is 3. The average Bonchev–Trinajstić information content (AvgIpc) is 2.95. The SMILES string of the molecule is Cc1ccccc1-c1nnn(CC(=O)N2CC(C)CC(C)C2)n1. The van der Waals surface area contributed by atoms with E-state index in [4.69, 9.17) is 0 Å². The van der Waals surface area contributed by atoms with E-state index in [1.165, 1.54) is 11.2 Å². The van der Waals surface area contributed by atoms with Crippen LogP contribution in [0.5, 0.6) is 0 Å². The number of hydrogen-bond acceptors (Lipinski definition) is 4. The summed E-state index contributed by atoms with van der Waals surface area (Å²) in [7, 11) is 0. The van der Waals surface area contributed by atoms with Gasteiger partial charge in [0.1, 0.15) is 6.54 Å². The minimum Gasteiger partial charge on any atom is -0.340 e. The van der Waals surface area contributed by atoms with E-state index in [-0.39, 0.29) is 12.5 Å². The fourth-order valence-electron chi connectivity index (χ4n) is 3.33. The molecule has 0 aliphatic carbocycles. The van der Waals surface area contributed by atoms with E-state index in [0.29, 0.717) is 17.7 Å². The molecule has 23 heavy (non-hydrogen) atoms. The number of hydrogen-bond donors (Lipinski definition) is 0. The summed E-state index contributed by atoms with van der Waals surface area (Å²) < 4.78 is 0. The van der Waals surface area contributed by atoms with Gasteiger partial charge in [0.05, 0.1) is 0 Å². The molecule has 122 valence electrons. The Hall–Kier alpha value is -2.24. The lowest BCUT2D eigenvalue weighted by atomic mass is 9.92. The first-order valence-corrected chi connectivity index (χ1v) is 8.14. The molecule has 0 radical (unpaired) electrons. The molecule has 0 N–H and O–H groups in total. The van der Waals surface area contributed by atoms with Crippen LogP contribution in [0.3, 0.4) is 0 Å². The summed E-state index contributed by atoms with van der Waals surface area (Å²) in [6.07, 6.45) is 1.18. The van der Waals surface area contributed by atoms with Crippen molar-refractivity contribution in [2.75, 3.05) is 13.1 Å². The van der Waals surface area contributed by atoms with Crippen molar-refractivity contribution in [2.45, 2.75) is 33.7 Å². The third kappa shape index (κ3) is 3.57. The maximum absolute atomic E-state index is 12.5. The van der Waals surface area contributed by atoms with Crippen molar-refractivity contribution in [1.29, 1.82) is 0 Å². The molecular formula is C17H23N5O. The van der Waals surface area contributed by atoms with Gasteiger partial charge in [0.15, 0.2) is 0 Å². The molecule has 1 aromatic heterocycles. The van der Waals surface area contributed by atoms with Crippen molar-refractivity contribution in [3.05, 3.63) is 29.8 Å². The maximum Gasteiger partial charge on any atom is 0.246 e.